The number of hydrogen-bond acceptors (Lipinski definition) is 7. The second kappa shape index (κ2) is 6.68. The summed E-state index contributed by atoms with van der Waals surface area (Å²) in [5.74, 6) is 0.897. The molecule has 8 nitrogen and oxygen atoms in total. The average molecular weight is 367 g/mol. The van der Waals surface area contributed by atoms with E-state index in [1.54, 1.807) is 4.57 Å². The van der Waals surface area contributed by atoms with E-state index in [0.29, 0.717) is 35.6 Å². The van der Waals surface area contributed by atoms with Crippen molar-refractivity contribution in [3.8, 4) is 0 Å². The Balaban J connectivity index is 1.90. The summed E-state index contributed by atoms with van der Waals surface area (Å²) < 4.78 is 7.59. The molecular formula is C16H26N5O3P. The van der Waals surface area contributed by atoms with Crippen molar-refractivity contribution in [3.05, 3.63) is 12.2 Å². The number of aliphatic hydroxyl groups excluding tert-OH is 2. The number of imidazole rings is 1. The minimum atomic E-state index is -1.23. The van der Waals surface area contributed by atoms with E-state index in [-0.39, 0.29) is 0 Å². The molecule has 0 spiro atoms. The van der Waals surface area contributed by atoms with Gasteiger partial charge in [-0.25, -0.2) is 15.0 Å². The number of nitrogen functional groups attached to an aromatic ring is 1. The second-order valence-corrected chi connectivity index (χ2v) is 11.5. The quantitative estimate of drug-likeness (QED) is 0.665. The highest BCUT2D eigenvalue weighted by Crippen LogP contribution is 2.40. The molecule has 1 fully saturated rings. The number of rotatable bonds is 5. The Morgan fingerprint density at radius 1 is 1.32 bits per heavy atom. The van der Waals surface area contributed by atoms with Crippen molar-refractivity contribution in [1.82, 2.24) is 19.5 Å². The van der Waals surface area contributed by atoms with Gasteiger partial charge in [0.1, 0.15) is 23.5 Å². The number of hydrogen-bond donors (Lipinski definition) is 3. The zero-order valence-corrected chi connectivity index (χ0v) is 15.7. The molecule has 2 aromatic heterocycles. The van der Waals surface area contributed by atoms with E-state index < -0.39 is 31.4 Å². The molecule has 138 valence electrons. The van der Waals surface area contributed by atoms with Gasteiger partial charge < -0.3 is 20.7 Å². The van der Waals surface area contributed by atoms with Crippen LogP contribution in [-0.4, -0.2) is 73.8 Å². The molecule has 0 saturated carbocycles. The topological polar surface area (TPSA) is 119 Å². The molecule has 4 atom stereocenters. The highest BCUT2D eigenvalue weighted by molar-refractivity contribution is 7.72. The van der Waals surface area contributed by atoms with Gasteiger partial charge in [0.25, 0.3) is 0 Å². The third-order valence-corrected chi connectivity index (χ3v) is 5.91. The summed E-state index contributed by atoms with van der Waals surface area (Å²) in [6, 6.07) is 0. The van der Waals surface area contributed by atoms with Gasteiger partial charge in [-0.3, -0.25) is 4.57 Å². The van der Waals surface area contributed by atoms with Gasteiger partial charge in [0.15, 0.2) is 17.7 Å². The van der Waals surface area contributed by atoms with Crippen LogP contribution in [-0.2, 0) is 11.2 Å². The maximum Gasteiger partial charge on any atom is 0.167 e. The Hall–Kier alpha value is -1.47. The molecule has 3 rings (SSSR count). The van der Waals surface area contributed by atoms with Crippen LogP contribution in [0.25, 0.3) is 11.2 Å². The van der Waals surface area contributed by atoms with Gasteiger partial charge in [0, 0.05) is 6.42 Å². The minimum absolute atomic E-state index is 0.300. The number of fused-ring (bicyclic) bond motifs is 1. The molecule has 9 heteroatoms. The predicted molar refractivity (Wildman–Crippen MR) is 100 cm³/mol. The lowest BCUT2D eigenvalue weighted by molar-refractivity contribution is -0.0353. The van der Waals surface area contributed by atoms with Gasteiger partial charge >= 0.3 is 0 Å². The molecular weight excluding hydrogens is 341 g/mol. The third kappa shape index (κ3) is 3.58. The number of ether oxygens (including phenoxy) is 1. The maximum absolute atomic E-state index is 10.5. The normalized spacial score (nSPS) is 27.2. The fourth-order valence-electron chi connectivity index (χ4n) is 3.00. The molecule has 3 heterocycles. The first-order valence-corrected chi connectivity index (χ1v) is 11.4. The summed E-state index contributed by atoms with van der Waals surface area (Å²) in [6.45, 7) is 4.98. The van der Waals surface area contributed by atoms with Crippen LogP contribution in [0.5, 0.6) is 0 Å². The molecule has 0 aromatic carbocycles. The number of aromatic nitrogens is 4. The van der Waals surface area contributed by atoms with E-state index in [9.17, 15) is 10.2 Å². The molecule has 1 unspecified atom stereocenters. The van der Waals surface area contributed by atoms with Crippen LogP contribution in [0.2, 0.25) is 0 Å². The van der Waals surface area contributed by atoms with Crippen LogP contribution in [0.4, 0.5) is 5.82 Å². The molecule has 1 aliphatic rings. The maximum atomic E-state index is 10.5. The standard InChI is InChI=1S/C16H26N5O3P/c1-5-10-19-14(17)11-15(20-10)21(8-18-11)16-13(23)12(22)9(24-16)6-7-25(2,3)4/h8-9,12-13,16,22-23H,2,5-7H2,1,3-4H3,(H2,17,19,20)/t9-,12-,13-,16?/m1/s1. The highest BCUT2D eigenvalue weighted by atomic mass is 31.2. The van der Waals surface area contributed by atoms with Crippen molar-refractivity contribution >= 4 is 30.2 Å². The Labute approximate surface area is 147 Å². The monoisotopic (exact) mass is 367 g/mol. The average Bonchev–Trinajstić information content (AvgIpc) is 3.08. The van der Waals surface area contributed by atoms with Crippen LogP contribution in [0, 0.1) is 0 Å². The summed E-state index contributed by atoms with van der Waals surface area (Å²) >= 11 is 0. The number of anilines is 1. The van der Waals surface area contributed by atoms with E-state index in [0.717, 1.165) is 6.16 Å². The van der Waals surface area contributed by atoms with Crippen LogP contribution in [0.3, 0.4) is 0 Å². The number of nitrogens with two attached hydrogens (primary N) is 1. The van der Waals surface area contributed by atoms with Crippen LogP contribution in [0.1, 0.15) is 25.4 Å². The molecule has 25 heavy (non-hydrogen) atoms. The van der Waals surface area contributed by atoms with E-state index in [1.165, 1.54) is 6.33 Å². The molecule has 4 N–H and O–H groups in total. The molecule has 0 radical (unpaired) electrons. The number of aryl methyl sites for hydroxylation is 1. The summed E-state index contributed by atoms with van der Waals surface area (Å²) in [6.07, 6.45) is 4.66. The second-order valence-electron chi connectivity index (χ2n) is 7.20. The van der Waals surface area contributed by atoms with E-state index in [1.807, 2.05) is 6.92 Å². The van der Waals surface area contributed by atoms with Gasteiger partial charge in [-0.1, -0.05) is 6.92 Å². The van der Waals surface area contributed by atoms with E-state index in [2.05, 4.69) is 34.6 Å². The summed E-state index contributed by atoms with van der Waals surface area (Å²) in [5, 5.41) is 20.9. The van der Waals surface area contributed by atoms with E-state index >= 15 is 0 Å². The lowest BCUT2D eigenvalue weighted by Crippen LogP contribution is -2.31. The smallest absolute Gasteiger partial charge is 0.167 e. The Morgan fingerprint density at radius 3 is 2.68 bits per heavy atom. The SMILES string of the molecule is C=P(C)(C)CC[C@H]1OC(n2cnc3c(N)nc(CC)nc32)[C@H](O)[C@@H]1O. The lowest BCUT2D eigenvalue weighted by Gasteiger charge is -2.18. The summed E-state index contributed by atoms with van der Waals surface area (Å²) in [7, 11) is 0. The molecule has 1 aliphatic heterocycles. The Kier molecular flexibility index (Phi) is 4.90. The zero-order chi connectivity index (χ0) is 18.4. The fraction of sp³-hybridized carbons (Fsp3) is 0.625. The molecule has 1 saturated heterocycles. The molecule has 0 aliphatic carbocycles. The molecule has 2 aromatic rings. The van der Waals surface area contributed by atoms with Gasteiger partial charge in [0.2, 0.25) is 0 Å². The van der Waals surface area contributed by atoms with Crippen molar-refractivity contribution in [2.75, 3.05) is 25.2 Å². The molecule has 0 bridgehead atoms. The zero-order valence-electron chi connectivity index (χ0n) is 14.8. The third-order valence-electron chi connectivity index (χ3n) is 4.44. The molecule has 0 amide bonds. The Bertz CT molecular complexity index is 817. The van der Waals surface area contributed by atoms with Gasteiger partial charge in [-0.2, -0.15) is 0 Å². The largest absolute Gasteiger partial charge is 0.388 e. The van der Waals surface area contributed by atoms with Crippen LogP contribution < -0.4 is 5.73 Å². The number of nitrogens with zero attached hydrogens (tertiary/aromatic N) is 4. The predicted octanol–water partition coefficient (Wildman–Crippen LogP) is 0.689. The Morgan fingerprint density at radius 2 is 2.04 bits per heavy atom. The van der Waals surface area contributed by atoms with Gasteiger partial charge in [-0.15, -0.1) is 13.2 Å². The van der Waals surface area contributed by atoms with Crippen molar-refractivity contribution in [2.24, 2.45) is 0 Å². The summed E-state index contributed by atoms with van der Waals surface area (Å²) in [4.78, 5) is 12.9. The van der Waals surface area contributed by atoms with Crippen LogP contribution in [0.15, 0.2) is 6.33 Å². The van der Waals surface area contributed by atoms with Crippen molar-refractivity contribution < 1.29 is 14.9 Å². The first-order valence-electron chi connectivity index (χ1n) is 8.39. The van der Waals surface area contributed by atoms with Gasteiger partial charge in [-0.05, 0) is 25.9 Å². The first-order chi connectivity index (χ1) is 11.7. The minimum Gasteiger partial charge on any atom is -0.388 e. The number of aliphatic hydroxyl groups is 2. The highest BCUT2D eigenvalue weighted by Gasteiger charge is 2.44. The van der Waals surface area contributed by atoms with Crippen molar-refractivity contribution in [3.63, 3.8) is 0 Å². The van der Waals surface area contributed by atoms with Crippen LogP contribution >= 0.6 is 6.89 Å². The van der Waals surface area contributed by atoms with Crippen molar-refractivity contribution in [1.29, 1.82) is 0 Å². The van der Waals surface area contributed by atoms with Gasteiger partial charge in [0.05, 0.1) is 12.4 Å². The fourth-order valence-corrected chi connectivity index (χ4v) is 3.96. The lowest BCUT2D eigenvalue weighted by atomic mass is 10.1. The van der Waals surface area contributed by atoms with Crippen molar-refractivity contribution in [2.45, 2.75) is 44.3 Å². The summed E-state index contributed by atoms with van der Waals surface area (Å²) in [5.41, 5.74) is 6.92. The first kappa shape index (κ1) is 18.3. The van der Waals surface area contributed by atoms with E-state index in [4.69, 9.17) is 10.5 Å².